The van der Waals surface area contributed by atoms with Crippen LogP contribution in [0, 0.1) is 0 Å². The van der Waals surface area contributed by atoms with Crippen molar-refractivity contribution in [3.8, 4) is 11.4 Å². The number of nitrogens with one attached hydrogen (secondary N) is 1. The lowest BCUT2D eigenvalue weighted by Gasteiger charge is -2.14. The van der Waals surface area contributed by atoms with Gasteiger partial charge in [0.05, 0.1) is 22.6 Å². The summed E-state index contributed by atoms with van der Waals surface area (Å²) in [5.41, 5.74) is 1.19. The van der Waals surface area contributed by atoms with Crippen molar-refractivity contribution >= 4 is 46.6 Å². The van der Waals surface area contributed by atoms with Crippen LogP contribution in [-0.4, -0.2) is 38.0 Å². The van der Waals surface area contributed by atoms with Crippen molar-refractivity contribution in [2.45, 2.75) is 24.3 Å². The van der Waals surface area contributed by atoms with Crippen molar-refractivity contribution in [1.29, 1.82) is 0 Å². The predicted octanol–water partition coefficient (Wildman–Crippen LogP) is 4.49. The largest absolute Gasteiger partial charge is 0.492 e. The van der Waals surface area contributed by atoms with E-state index in [1.165, 1.54) is 11.8 Å². The minimum atomic E-state index is -0.476. The Morgan fingerprint density at radius 2 is 2.07 bits per heavy atom. The second-order valence-corrected chi connectivity index (χ2v) is 7.80. The number of para-hydroxylation sites is 2. The standard InChI is InChI=1S/C18H17Cl2N5O2S/c1-3-27-16-7-5-4-6-15(16)25-18(22-23-24-25)28-11(2)17(26)21-14-9-8-12(19)10-13(14)20/h4-11H,3H2,1-2H3,(H,21,26). The molecular formula is C18H17Cl2N5O2S. The Balaban J connectivity index is 1.76. The summed E-state index contributed by atoms with van der Waals surface area (Å²) in [6, 6.07) is 12.3. The van der Waals surface area contributed by atoms with Gasteiger partial charge in [-0.3, -0.25) is 4.79 Å². The number of hydrogen-bond acceptors (Lipinski definition) is 6. The van der Waals surface area contributed by atoms with Gasteiger partial charge in [-0.15, -0.1) is 5.10 Å². The molecule has 0 saturated carbocycles. The second-order valence-electron chi connectivity index (χ2n) is 5.65. The SMILES string of the molecule is CCOc1ccccc1-n1nnnc1SC(C)C(=O)Nc1ccc(Cl)cc1Cl. The van der Waals surface area contributed by atoms with Crippen molar-refractivity contribution in [3.05, 3.63) is 52.5 Å². The summed E-state index contributed by atoms with van der Waals surface area (Å²) < 4.78 is 7.19. The van der Waals surface area contributed by atoms with Gasteiger partial charge in [0.1, 0.15) is 11.4 Å². The van der Waals surface area contributed by atoms with E-state index in [1.54, 1.807) is 29.8 Å². The number of hydrogen-bond donors (Lipinski definition) is 1. The minimum absolute atomic E-state index is 0.234. The van der Waals surface area contributed by atoms with Crippen molar-refractivity contribution in [2.24, 2.45) is 0 Å². The average Bonchev–Trinajstić information content (AvgIpc) is 3.12. The number of anilines is 1. The highest BCUT2D eigenvalue weighted by Crippen LogP contribution is 2.30. The molecular weight excluding hydrogens is 421 g/mol. The van der Waals surface area contributed by atoms with Crippen LogP contribution < -0.4 is 10.1 Å². The third kappa shape index (κ3) is 4.76. The van der Waals surface area contributed by atoms with Crippen molar-refractivity contribution in [1.82, 2.24) is 20.2 Å². The number of thioether (sulfide) groups is 1. The molecule has 0 spiro atoms. The highest BCUT2D eigenvalue weighted by molar-refractivity contribution is 8.00. The van der Waals surface area contributed by atoms with E-state index < -0.39 is 5.25 Å². The number of amides is 1. The number of aromatic nitrogens is 4. The van der Waals surface area contributed by atoms with Crippen LogP contribution in [0.2, 0.25) is 10.0 Å². The topological polar surface area (TPSA) is 81.9 Å². The Morgan fingerprint density at radius 3 is 2.82 bits per heavy atom. The number of tetrazole rings is 1. The van der Waals surface area contributed by atoms with Gasteiger partial charge < -0.3 is 10.1 Å². The molecule has 3 aromatic rings. The van der Waals surface area contributed by atoms with Crippen molar-refractivity contribution < 1.29 is 9.53 Å². The molecule has 7 nitrogen and oxygen atoms in total. The molecule has 146 valence electrons. The molecule has 1 heterocycles. The highest BCUT2D eigenvalue weighted by Gasteiger charge is 2.21. The number of carbonyl (C=O) groups is 1. The maximum absolute atomic E-state index is 12.6. The molecule has 1 amide bonds. The Bertz CT molecular complexity index is 982. The molecule has 0 saturated heterocycles. The summed E-state index contributed by atoms with van der Waals surface area (Å²) in [5.74, 6) is 0.422. The van der Waals surface area contributed by atoms with Crippen LogP contribution in [0.3, 0.4) is 0 Å². The molecule has 3 rings (SSSR count). The van der Waals surface area contributed by atoms with Crippen LogP contribution in [0.4, 0.5) is 5.69 Å². The molecule has 0 radical (unpaired) electrons. The lowest BCUT2D eigenvalue weighted by atomic mass is 10.3. The number of ether oxygens (including phenoxy) is 1. The average molecular weight is 438 g/mol. The number of carbonyl (C=O) groups excluding carboxylic acids is 1. The lowest BCUT2D eigenvalue weighted by molar-refractivity contribution is -0.115. The third-order valence-electron chi connectivity index (χ3n) is 3.67. The van der Waals surface area contributed by atoms with E-state index in [0.29, 0.717) is 38.9 Å². The summed E-state index contributed by atoms with van der Waals surface area (Å²) in [7, 11) is 0. The van der Waals surface area contributed by atoms with E-state index >= 15 is 0 Å². The fourth-order valence-electron chi connectivity index (χ4n) is 2.35. The molecule has 1 N–H and O–H groups in total. The summed E-state index contributed by atoms with van der Waals surface area (Å²) in [5, 5.41) is 15.5. The maximum atomic E-state index is 12.6. The number of halogens is 2. The Labute approximate surface area is 176 Å². The highest BCUT2D eigenvalue weighted by atomic mass is 35.5. The first kappa shape index (κ1) is 20.4. The first-order chi connectivity index (χ1) is 13.5. The second kappa shape index (κ2) is 9.27. The van der Waals surface area contributed by atoms with Gasteiger partial charge in [-0.2, -0.15) is 4.68 Å². The summed E-state index contributed by atoms with van der Waals surface area (Å²) in [6.07, 6.45) is 0. The molecule has 1 aromatic heterocycles. The van der Waals surface area contributed by atoms with Crippen LogP contribution >= 0.6 is 35.0 Å². The van der Waals surface area contributed by atoms with Crippen molar-refractivity contribution in [2.75, 3.05) is 11.9 Å². The minimum Gasteiger partial charge on any atom is -0.492 e. The van der Waals surface area contributed by atoms with Crippen LogP contribution in [0.15, 0.2) is 47.6 Å². The predicted molar refractivity (Wildman–Crippen MR) is 111 cm³/mol. The maximum Gasteiger partial charge on any atom is 0.237 e. The Kier molecular flexibility index (Phi) is 6.77. The van der Waals surface area contributed by atoms with Crippen molar-refractivity contribution in [3.63, 3.8) is 0 Å². The van der Waals surface area contributed by atoms with E-state index in [0.717, 1.165) is 0 Å². The van der Waals surface area contributed by atoms with Gasteiger partial charge >= 0.3 is 0 Å². The zero-order chi connectivity index (χ0) is 20.1. The van der Waals surface area contributed by atoms with E-state index in [2.05, 4.69) is 20.8 Å². The molecule has 0 aliphatic heterocycles. The van der Waals surface area contributed by atoms with Gasteiger partial charge in [-0.05, 0) is 54.6 Å². The molecule has 10 heteroatoms. The lowest BCUT2D eigenvalue weighted by Crippen LogP contribution is -2.23. The number of nitrogens with zero attached hydrogens (tertiary/aromatic N) is 4. The summed E-state index contributed by atoms with van der Waals surface area (Å²) in [4.78, 5) is 12.6. The van der Waals surface area contributed by atoms with Gasteiger partial charge in [0, 0.05) is 5.02 Å². The molecule has 1 unspecified atom stereocenters. The third-order valence-corrected chi connectivity index (χ3v) is 5.26. The van der Waals surface area contributed by atoms with E-state index in [1.807, 2.05) is 31.2 Å². The smallest absolute Gasteiger partial charge is 0.237 e. The van der Waals surface area contributed by atoms with Gasteiger partial charge in [0.15, 0.2) is 0 Å². The fraction of sp³-hybridized carbons (Fsp3) is 0.222. The van der Waals surface area contributed by atoms with Gasteiger partial charge in [0.2, 0.25) is 11.1 Å². The monoisotopic (exact) mass is 437 g/mol. The molecule has 0 bridgehead atoms. The van der Waals surface area contributed by atoms with Gasteiger partial charge in [-0.1, -0.05) is 47.1 Å². The molecule has 2 aromatic carbocycles. The van der Waals surface area contributed by atoms with Crippen LogP contribution in [0.5, 0.6) is 5.75 Å². The zero-order valence-corrected chi connectivity index (χ0v) is 17.4. The Morgan fingerprint density at radius 1 is 1.29 bits per heavy atom. The van der Waals surface area contributed by atoms with Gasteiger partial charge in [0.25, 0.3) is 0 Å². The first-order valence-electron chi connectivity index (χ1n) is 8.42. The molecule has 28 heavy (non-hydrogen) atoms. The summed E-state index contributed by atoms with van der Waals surface area (Å²) in [6.45, 7) is 4.18. The zero-order valence-electron chi connectivity index (χ0n) is 15.1. The Hall–Kier alpha value is -2.29. The van der Waals surface area contributed by atoms with E-state index in [9.17, 15) is 4.79 Å². The molecule has 1 atom stereocenters. The molecule has 0 fully saturated rings. The van der Waals surface area contributed by atoms with Gasteiger partial charge in [-0.25, -0.2) is 0 Å². The quantitative estimate of drug-likeness (QED) is 0.548. The molecule has 0 aliphatic carbocycles. The number of benzene rings is 2. The van der Waals surface area contributed by atoms with Crippen LogP contribution in [0.25, 0.3) is 5.69 Å². The van der Waals surface area contributed by atoms with E-state index in [-0.39, 0.29) is 5.91 Å². The number of rotatable bonds is 7. The van der Waals surface area contributed by atoms with Crippen LogP contribution in [0.1, 0.15) is 13.8 Å². The van der Waals surface area contributed by atoms with E-state index in [4.69, 9.17) is 27.9 Å². The summed E-state index contributed by atoms with van der Waals surface area (Å²) >= 11 is 13.2. The fourth-order valence-corrected chi connectivity index (χ4v) is 3.61. The van der Waals surface area contributed by atoms with Crippen LogP contribution in [-0.2, 0) is 4.79 Å². The normalized spacial score (nSPS) is 11.9. The first-order valence-corrected chi connectivity index (χ1v) is 10.1. The molecule has 0 aliphatic rings.